The van der Waals surface area contributed by atoms with E-state index in [0.29, 0.717) is 24.2 Å². The predicted molar refractivity (Wildman–Crippen MR) is 103 cm³/mol. The molecule has 0 bridgehead atoms. The van der Waals surface area contributed by atoms with E-state index < -0.39 is 0 Å². The molecule has 1 aliphatic rings. The van der Waals surface area contributed by atoms with Crippen LogP contribution in [0, 0.1) is 0 Å². The largest absolute Gasteiger partial charge is 0.468 e. The molecule has 0 N–H and O–H groups in total. The fraction of sp³-hybridized carbons (Fsp3) is 0.350. The first-order valence-corrected chi connectivity index (χ1v) is 9.57. The van der Waals surface area contributed by atoms with E-state index in [0.717, 1.165) is 35.4 Å². The lowest BCUT2D eigenvalue weighted by Gasteiger charge is -2.15. The number of aryl methyl sites for hydroxylation is 1. The standard InChI is InChI=1S/C20H21N7O/c1-26-18(21-13-22-26)12-28-20-16(14-7-5-6-8-14)11-17-23-24-19(27(17)25-20)15-9-3-2-4-10-15/h2-4,9-11,13-14H,5-8,12H2,1H3. The second-order valence-electron chi connectivity index (χ2n) is 7.13. The quantitative estimate of drug-likeness (QED) is 0.533. The fourth-order valence-corrected chi connectivity index (χ4v) is 3.82. The molecule has 1 saturated carbocycles. The average molecular weight is 375 g/mol. The van der Waals surface area contributed by atoms with Crippen LogP contribution < -0.4 is 4.74 Å². The summed E-state index contributed by atoms with van der Waals surface area (Å²) in [4.78, 5) is 4.24. The van der Waals surface area contributed by atoms with Crippen LogP contribution >= 0.6 is 0 Å². The minimum Gasteiger partial charge on any atom is -0.468 e. The van der Waals surface area contributed by atoms with Gasteiger partial charge in [-0.25, -0.2) is 4.98 Å². The Balaban J connectivity index is 1.57. The van der Waals surface area contributed by atoms with Gasteiger partial charge in [-0.05, 0) is 24.8 Å². The summed E-state index contributed by atoms with van der Waals surface area (Å²) in [5.41, 5.74) is 2.82. The van der Waals surface area contributed by atoms with E-state index in [9.17, 15) is 0 Å². The van der Waals surface area contributed by atoms with E-state index in [-0.39, 0.29) is 0 Å². The monoisotopic (exact) mass is 375 g/mol. The van der Waals surface area contributed by atoms with Crippen LogP contribution in [0.4, 0.5) is 0 Å². The summed E-state index contributed by atoms with van der Waals surface area (Å²) in [7, 11) is 1.85. The number of hydrogen-bond acceptors (Lipinski definition) is 6. The van der Waals surface area contributed by atoms with E-state index in [1.165, 1.54) is 19.2 Å². The van der Waals surface area contributed by atoms with Gasteiger partial charge >= 0.3 is 0 Å². The fourth-order valence-electron chi connectivity index (χ4n) is 3.82. The molecule has 0 spiro atoms. The molecule has 28 heavy (non-hydrogen) atoms. The van der Waals surface area contributed by atoms with Crippen molar-refractivity contribution in [1.82, 2.24) is 34.6 Å². The first-order valence-electron chi connectivity index (χ1n) is 9.57. The molecular formula is C20H21N7O. The Hall–Kier alpha value is -3.29. The molecule has 142 valence electrons. The normalized spacial score (nSPS) is 14.8. The molecule has 0 amide bonds. The number of ether oxygens (including phenoxy) is 1. The summed E-state index contributed by atoms with van der Waals surface area (Å²) in [5.74, 6) is 2.53. The van der Waals surface area contributed by atoms with Gasteiger partial charge in [0.15, 0.2) is 17.3 Å². The topological polar surface area (TPSA) is 83.0 Å². The number of nitrogens with zero attached hydrogens (tertiary/aromatic N) is 7. The Morgan fingerprint density at radius 1 is 1.11 bits per heavy atom. The molecule has 1 aliphatic carbocycles. The maximum absolute atomic E-state index is 6.13. The van der Waals surface area contributed by atoms with Crippen LogP contribution in [0.15, 0.2) is 42.7 Å². The SMILES string of the molecule is Cn1ncnc1COc1nn2c(-c3ccccc3)nnc2cc1C1CCCC1. The van der Waals surface area contributed by atoms with Gasteiger partial charge in [-0.1, -0.05) is 43.2 Å². The minimum atomic E-state index is 0.317. The van der Waals surface area contributed by atoms with E-state index >= 15 is 0 Å². The van der Waals surface area contributed by atoms with Gasteiger partial charge in [-0.15, -0.1) is 15.3 Å². The van der Waals surface area contributed by atoms with Crippen LogP contribution in [0.3, 0.4) is 0 Å². The van der Waals surface area contributed by atoms with Crippen LogP contribution in [0.1, 0.15) is 43.0 Å². The van der Waals surface area contributed by atoms with Gasteiger partial charge in [0.2, 0.25) is 5.88 Å². The van der Waals surface area contributed by atoms with E-state index in [1.807, 2.05) is 37.4 Å². The maximum Gasteiger partial charge on any atom is 0.235 e. The van der Waals surface area contributed by atoms with Crippen LogP contribution in [0.5, 0.6) is 5.88 Å². The van der Waals surface area contributed by atoms with Crippen molar-refractivity contribution in [1.29, 1.82) is 0 Å². The summed E-state index contributed by atoms with van der Waals surface area (Å²) >= 11 is 0. The van der Waals surface area contributed by atoms with E-state index in [1.54, 1.807) is 9.20 Å². The Morgan fingerprint density at radius 3 is 2.68 bits per heavy atom. The smallest absolute Gasteiger partial charge is 0.235 e. The Bertz CT molecular complexity index is 1100. The van der Waals surface area contributed by atoms with E-state index in [4.69, 9.17) is 9.84 Å². The van der Waals surface area contributed by atoms with Crippen molar-refractivity contribution in [2.75, 3.05) is 0 Å². The molecule has 1 fully saturated rings. The first-order chi connectivity index (χ1) is 13.8. The second-order valence-corrected chi connectivity index (χ2v) is 7.13. The van der Waals surface area contributed by atoms with Crippen molar-refractivity contribution < 1.29 is 4.74 Å². The molecule has 0 radical (unpaired) electrons. The van der Waals surface area contributed by atoms with Crippen molar-refractivity contribution in [3.63, 3.8) is 0 Å². The number of fused-ring (bicyclic) bond motifs is 1. The number of benzene rings is 1. The Kier molecular flexibility index (Phi) is 4.23. The van der Waals surface area contributed by atoms with Gasteiger partial charge in [0, 0.05) is 18.2 Å². The lowest BCUT2D eigenvalue weighted by Crippen LogP contribution is -2.10. The molecule has 0 atom stereocenters. The summed E-state index contributed by atoms with van der Waals surface area (Å²) in [6, 6.07) is 12.0. The highest BCUT2D eigenvalue weighted by atomic mass is 16.5. The molecule has 8 heteroatoms. The van der Waals surface area contributed by atoms with Gasteiger partial charge in [0.05, 0.1) is 0 Å². The molecule has 5 rings (SSSR count). The molecule has 3 aromatic heterocycles. The molecule has 0 aliphatic heterocycles. The maximum atomic E-state index is 6.13. The lowest BCUT2D eigenvalue weighted by molar-refractivity contribution is 0.269. The van der Waals surface area contributed by atoms with Crippen molar-refractivity contribution in [2.24, 2.45) is 7.05 Å². The number of hydrogen-bond donors (Lipinski definition) is 0. The highest BCUT2D eigenvalue weighted by Gasteiger charge is 2.24. The van der Waals surface area contributed by atoms with Gasteiger partial charge < -0.3 is 4.74 Å². The zero-order valence-corrected chi connectivity index (χ0v) is 15.7. The number of aromatic nitrogens is 7. The van der Waals surface area contributed by atoms with Crippen LogP contribution in [0.25, 0.3) is 17.0 Å². The highest BCUT2D eigenvalue weighted by Crippen LogP contribution is 2.38. The third-order valence-corrected chi connectivity index (χ3v) is 5.36. The molecule has 3 heterocycles. The third kappa shape index (κ3) is 3.00. The Morgan fingerprint density at radius 2 is 1.93 bits per heavy atom. The molecule has 4 aromatic rings. The van der Waals surface area contributed by atoms with Crippen molar-refractivity contribution in [3.05, 3.63) is 54.1 Å². The van der Waals surface area contributed by atoms with Crippen LogP contribution in [-0.4, -0.2) is 34.6 Å². The molecular weight excluding hydrogens is 354 g/mol. The van der Waals surface area contributed by atoms with Crippen LogP contribution in [-0.2, 0) is 13.7 Å². The zero-order chi connectivity index (χ0) is 18.9. The molecule has 1 aromatic carbocycles. The van der Waals surface area contributed by atoms with E-state index in [2.05, 4.69) is 26.3 Å². The third-order valence-electron chi connectivity index (χ3n) is 5.36. The zero-order valence-electron chi connectivity index (χ0n) is 15.7. The first kappa shape index (κ1) is 16.9. The van der Waals surface area contributed by atoms with Crippen molar-refractivity contribution >= 4 is 5.65 Å². The van der Waals surface area contributed by atoms with Crippen molar-refractivity contribution in [2.45, 2.75) is 38.2 Å². The van der Waals surface area contributed by atoms with Crippen LogP contribution in [0.2, 0.25) is 0 Å². The van der Waals surface area contributed by atoms with Crippen molar-refractivity contribution in [3.8, 4) is 17.3 Å². The summed E-state index contributed by atoms with van der Waals surface area (Å²) in [5, 5.41) is 17.6. The minimum absolute atomic E-state index is 0.317. The Labute approximate surface area is 162 Å². The molecule has 0 unspecified atom stereocenters. The van der Waals surface area contributed by atoms with Gasteiger partial charge in [-0.2, -0.15) is 9.61 Å². The van der Waals surface area contributed by atoms with Gasteiger partial charge in [-0.3, -0.25) is 4.68 Å². The number of rotatable bonds is 5. The van der Waals surface area contributed by atoms with Gasteiger partial charge in [0.1, 0.15) is 12.9 Å². The molecule has 8 nitrogen and oxygen atoms in total. The summed E-state index contributed by atoms with van der Waals surface area (Å²) in [6.07, 6.45) is 6.30. The predicted octanol–water partition coefficient (Wildman–Crippen LogP) is 3.16. The lowest BCUT2D eigenvalue weighted by atomic mass is 9.99. The second kappa shape index (κ2) is 7.03. The molecule has 0 saturated heterocycles. The highest BCUT2D eigenvalue weighted by molar-refractivity contribution is 5.59. The summed E-state index contributed by atoms with van der Waals surface area (Å²) in [6.45, 7) is 0.317. The average Bonchev–Trinajstić information content (AvgIpc) is 3.47. The van der Waals surface area contributed by atoms with Gasteiger partial charge in [0.25, 0.3) is 0 Å². The summed E-state index contributed by atoms with van der Waals surface area (Å²) < 4.78 is 9.61.